The van der Waals surface area contributed by atoms with E-state index in [0.29, 0.717) is 30.6 Å². The lowest BCUT2D eigenvalue weighted by molar-refractivity contribution is -0.136. The van der Waals surface area contributed by atoms with Crippen molar-refractivity contribution < 1.29 is 17.6 Å². The van der Waals surface area contributed by atoms with Crippen LogP contribution in [-0.4, -0.2) is 31.1 Å². The van der Waals surface area contributed by atoms with E-state index < -0.39 is 15.8 Å². The second-order valence-electron chi connectivity index (χ2n) is 8.04. The Hall–Kier alpha value is -1.27. The summed E-state index contributed by atoms with van der Waals surface area (Å²) in [7, 11) is -3.64. The Morgan fingerprint density at radius 1 is 1.15 bits per heavy atom. The molecule has 142 valence electrons. The molecule has 4 rings (SSSR count). The number of hydrogen-bond acceptors (Lipinski definition) is 3. The van der Waals surface area contributed by atoms with Crippen molar-refractivity contribution in [3.63, 3.8) is 0 Å². The Labute approximate surface area is 154 Å². The lowest BCUT2D eigenvalue weighted by atomic mass is 9.56. The third-order valence-electron chi connectivity index (χ3n) is 6.86. The Morgan fingerprint density at radius 2 is 1.88 bits per heavy atom. The Kier molecular flexibility index (Phi) is 4.68. The van der Waals surface area contributed by atoms with E-state index in [1.807, 2.05) is 0 Å². The smallest absolute Gasteiger partial charge is 0.243 e. The van der Waals surface area contributed by atoms with Gasteiger partial charge in [-0.25, -0.2) is 12.8 Å². The van der Waals surface area contributed by atoms with Crippen molar-refractivity contribution in [3.05, 3.63) is 30.1 Å². The minimum Gasteiger partial charge on any atom is -0.299 e. The molecule has 0 amide bonds. The van der Waals surface area contributed by atoms with Crippen LogP contribution in [0.4, 0.5) is 4.39 Å². The highest BCUT2D eigenvalue weighted by Crippen LogP contribution is 2.52. The van der Waals surface area contributed by atoms with E-state index in [4.69, 9.17) is 0 Å². The first-order valence-electron chi connectivity index (χ1n) is 9.73. The minimum atomic E-state index is -3.64. The van der Waals surface area contributed by atoms with Crippen LogP contribution in [0, 0.1) is 29.5 Å². The van der Waals surface area contributed by atoms with Gasteiger partial charge in [0.2, 0.25) is 10.0 Å². The number of nitrogens with zero attached hydrogens (tertiary/aromatic N) is 1. The standard InChI is InChI=1S/C20H26FNO3S/c1-2-16-17-4-3-5-18-20(17)13(12-19(16)23)10-11-22(18)26(24,25)15-8-6-14(21)7-9-15/h6-9,13,16-18,20H,2-5,10-12H2,1H3/t13-,16+,17+,18+,20+/m1/s1. The maximum atomic E-state index is 13.2. The lowest BCUT2D eigenvalue weighted by Gasteiger charge is -2.54. The molecule has 1 aliphatic heterocycles. The first-order valence-corrected chi connectivity index (χ1v) is 11.2. The normalized spacial score (nSPS) is 35.2. The van der Waals surface area contributed by atoms with Gasteiger partial charge in [0, 0.05) is 24.9 Å². The SMILES string of the molecule is CC[C@@H]1C(=O)C[C@H]2CCN(S(=O)(=O)c3ccc(F)cc3)[C@H]3CCC[C@@H]1[C@H]23. The fourth-order valence-corrected chi connectivity index (χ4v) is 7.51. The first-order chi connectivity index (χ1) is 12.4. The van der Waals surface area contributed by atoms with Gasteiger partial charge in [-0.05, 0) is 67.7 Å². The molecule has 1 heterocycles. The molecule has 6 heteroatoms. The van der Waals surface area contributed by atoms with E-state index >= 15 is 0 Å². The molecule has 0 N–H and O–H groups in total. The average molecular weight is 379 g/mol. The molecule has 3 aliphatic rings. The van der Waals surface area contributed by atoms with Crippen molar-refractivity contribution in [2.75, 3.05) is 6.54 Å². The monoisotopic (exact) mass is 379 g/mol. The summed E-state index contributed by atoms with van der Waals surface area (Å²) in [6.07, 6.45) is 5.08. The second-order valence-corrected chi connectivity index (χ2v) is 9.93. The molecular formula is C20H26FNO3S. The molecule has 1 saturated heterocycles. The van der Waals surface area contributed by atoms with E-state index in [2.05, 4.69) is 6.92 Å². The number of sulfonamides is 1. The van der Waals surface area contributed by atoms with Crippen molar-refractivity contribution in [2.24, 2.45) is 23.7 Å². The van der Waals surface area contributed by atoms with Gasteiger partial charge in [-0.15, -0.1) is 0 Å². The summed E-state index contributed by atoms with van der Waals surface area (Å²) < 4.78 is 41.3. The highest BCUT2D eigenvalue weighted by atomic mass is 32.2. The van der Waals surface area contributed by atoms with Gasteiger partial charge in [0.15, 0.2) is 0 Å². The summed E-state index contributed by atoms with van der Waals surface area (Å²) in [6.45, 7) is 2.53. The zero-order valence-electron chi connectivity index (χ0n) is 15.1. The number of piperidine rings is 1. The molecule has 0 bridgehead atoms. The second kappa shape index (κ2) is 6.71. The summed E-state index contributed by atoms with van der Waals surface area (Å²) in [5, 5.41) is 0. The molecule has 3 fully saturated rings. The average Bonchev–Trinajstić information content (AvgIpc) is 2.62. The molecule has 0 aromatic heterocycles. The van der Waals surface area contributed by atoms with Crippen LogP contribution in [0.15, 0.2) is 29.2 Å². The van der Waals surface area contributed by atoms with Crippen LogP contribution in [0.3, 0.4) is 0 Å². The molecule has 2 aliphatic carbocycles. The van der Waals surface area contributed by atoms with Crippen LogP contribution in [0.2, 0.25) is 0 Å². The molecule has 5 atom stereocenters. The van der Waals surface area contributed by atoms with Gasteiger partial charge < -0.3 is 0 Å². The summed E-state index contributed by atoms with van der Waals surface area (Å²) in [4.78, 5) is 12.7. The third-order valence-corrected chi connectivity index (χ3v) is 8.80. The summed E-state index contributed by atoms with van der Waals surface area (Å²) in [6, 6.07) is 5.10. The first kappa shape index (κ1) is 18.1. The number of Topliss-reactive ketones (excluding diaryl/α,β-unsaturated/α-hetero) is 1. The number of carbonyl (C=O) groups is 1. The van der Waals surface area contributed by atoms with Gasteiger partial charge >= 0.3 is 0 Å². The largest absolute Gasteiger partial charge is 0.299 e. The Balaban J connectivity index is 1.68. The molecule has 1 aromatic carbocycles. The van der Waals surface area contributed by atoms with Crippen LogP contribution in [0.5, 0.6) is 0 Å². The van der Waals surface area contributed by atoms with Crippen LogP contribution >= 0.6 is 0 Å². The van der Waals surface area contributed by atoms with E-state index in [1.54, 1.807) is 4.31 Å². The third kappa shape index (κ3) is 2.82. The summed E-state index contributed by atoms with van der Waals surface area (Å²) in [5.74, 6) is 0.964. The van der Waals surface area contributed by atoms with Crippen LogP contribution in [0.1, 0.15) is 45.4 Å². The maximum Gasteiger partial charge on any atom is 0.243 e. The molecule has 4 nitrogen and oxygen atoms in total. The zero-order chi connectivity index (χ0) is 18.5. The fraction of sp³-hybridized carbons (Fsp3) is 0.650. The number of carbonyl (C=O) groups excluding carboxylic acids is 1. The predicted octanol–water partition coefficient (Wildman–Crippen LogP) is 3.62. The van der Waals surface area contributed by atoms with Gasteiger partial charge in [-0.1, -0.05) is 13.3 Å². The van der Waals surface area contributed by atoms with Crippen LogP contribution in [0.25, 0.3) is 0 Å². The minimum absolute atomic E-state index is 0.0234. The summed E-state index contributed by atoms with van der Waals surface area (Å²) >= 11 is 0. The Morgan fingerprint density at radius 3 is 2.58 bits per heavy atom. The van der Waals surface area contributed by atoms with E-state index in [1.165, 1.54) is 24.3 Å². The van der Waals surface area contributed by atoms with Gasteiger partial charge in [0.1, 0.15) is 11.6 Å². The molecule has 2 saturated carbocycles. The molecule has 26 heavy (non-hydrogen) atoms. The van der Waals surface area contributed by atoms with Crippen LogP contribution in [-0.2, 0) is 14.8 Å². The van der Waals surface area contributed by atoms with Gasteiger partial charge in [-0.2, -0.15) is 4.31 Å². The van der Waals surface area contributed by atoms with Crippen molar-refractivity contribution in [1.82, 2.24) is 4.31 Å². The van der Waals surface area contributed by atoms with Crippen molar-refractivity contribution in [3.8, 4) is 0 Å². The van der Waals surface area contributed by atoms with Crippen LogP contribution < -0.4 is 0 Å². The molecule has 0 radical (unpaired) electrons. The topological polar surface area (TPSA) is 54.5 Å². The molecule has 0 unspecified atom stereocenters. The zero-order valence-corrected chi connectivity index (χ0v) is 15.9. The molecular weight excluding hydrogens is 353 g/mol. The number of benzene rings is 1. The van der Waals surface area contributed by atoms with E-state index in [9.17, 15) is 17.6 Å². The lowest BCUT2D eigenvalue weighted by Crippen LogP contribution is -2.59. The van der Waals surface area contributed by atoms with Crippen molar-refractivity contribution >= 4 is 15.8 Å². The molecule has 0 spiro atoms. The van der Waals surface area contributed by atoms with E-state index in [0.717, 1.165) is 32.1 Å². The van der Waals surface area contributed by atoms with Crippen molar-refractivity contribution in [2.45, 2.75) is 56.4 Å². The van der Waals surface area contributed by atoms with E-state index in [-0.39, 0.29) is 22.8 Å². The highest BCUT2D eigenvalue weighted by molar-refractivity contribution is 7.89. The predicted molar refractivity (Wildman–Crippen MR) is 96.4 cm³/mol. The van der Waals surface area contributed by atoms with Crippen molar-refractivity contribution in [1.29, 1.82) is 0 Å². The quantitative estimate of drug-likeness (QED) is 0.806. The number of ketones is 1. The summed E-state index contributed by atoms with van der Waals surface area (Å²) in [5.41, 5.74) is 0. The molecule has 1 aromatic rings. The Bertz CT molecular complexity index is 792. The van der Waals surface area contributed by atoms with Gasteiger partial charge in [0.05, 0.1) is 4.90 Å². The van der Waals surface area contributed by atoms with Gasteiger partial charge in [-0.3, -0.25) is 4.79 Å². The number of hydrogen-bond donors (Lipinski definition) is 0. The number of rotatable bonds is 3. The highest BCUT2D eigenvalue weighted by Gasteiger charge is 2.53. The maximum absolute atomic E-state index is 13.2. The van der Waals surface area contributed by atoms with Gasteiger partial charge in [0.25, 0.3) is 0 Å². The fourth-order valence-electron chi connectivity index (χ4n) is 5.81. The number of halogens is 1.